The van der Waals surface area contributed by atoms with Gasteiger partial charge in [-0.1, -0.05) is 23.8 Å². The summed E-state index contributed by atoms with van der Waals surface area (Å²) >= 11 is 0. The van der Waals surface area contributed by atoms with Crippen LogP contribution in [0.15, 0.2) is 30.6 Å². The summed E-state index contributed by atoms with van der Waals surface area (Å²) in [5.41, 5.74) is 5.10. The molecule has 0 saturated carbocycles. The van der Waals surface area contributed by atoms with E-state index in [0.29, 0.717) is 6.04 Å². The number of rotatable bonds is 5. The molecular weight excluding hydrogens is 310 g/mol. The maximum atomic E-state index is 4.57. The van der Waals surface area contributed by atoms with Crippen molar-refractivity contribution in [1.82, 2.24) is 20.2 Å². The van der Waals surface area contributed by atoms with Crippen molar-refractivity contribution in [2.24, 2.45) is 0 Å². The Bertz CT molecular complexity index is 690. The van der Waals surface area contributed by atoms with Crippen LogP contribution in [-0.4, -0.2) is 48.1 Å². The zero-order chi connectivity index (χ0) is 17.8. The van der Waals surface area contributed by atoms with E-state index in [9.17, 15) is 0 Å². The third kappa shape index (κ3) is 4.55. The molecule has 5 nitrogen and oxygen atoms in total. The molecule has 5 heteroatoms. The number of aryl methyl sites for hydroxylation is 2. The lowest BCUT2D eigenvalue weighted by Gasteiger charge is -2.32. The Morgan fingerprint density at radius 2 is 1.76 bits per heavy atom. The van der Waals surface area contributed by atoms with Gasteiger partial charge in [0.05, 0.1) is 0 Å². The molecule has 2 aromatic rings. The molecule has 1 fully saturated rings. The summed E-state index contributed by atoms with van der Waals surface area (Å²) in [4.78, 5) is 13.7. The van der Waals surface area contributed by atoms with Crippen molar-refractivity contribution < 1.29 is 0 Å². The Morgan fingerprint density at radius 1 is 1.08 bits per heavy atom. The van der Waals surface area contributed by atoms with E-state index in [4.69, 9.17) is 0 Å². The Kier molecular flexibility index (Phi) is 5.66. The predicted octanol–water partition coefficient (Wildman–Crippen LogP) is 2.70. The topological polar surface area (TPSA) is 44.3 Å². The molecule has 0 radical (unpaired) electrons. The normalized spacial score (nSPS) is 16.9. The van der Waals surface area contributed by atoms with Gasteiger partial charge in [-0.3, -0.25) is 0 Å². The highest BCUT2D eigenvalue weighted by molar-refractivity contribution is 5.33. The molecule has 1 aromatic heterocycles. The van der Waals surface area contributed by atoms with Crippen LogP contribution in [-0.2, 0) is 6.54 Å². The van der Waals surface area contributed by atoms with Gasteiger partial charge in [0.15, 0.2) is 0 Å². The number of nitrogens with one attached hydrogen (secondary N) is 1. The summed E-state index contributed by atoms with van der Waals surface area (Å²) in [7, 11) is 2.16. The summed E-state index contributed by atoms with van der Waals surface area (Å²) in [6.45, 7) is 11.4. The molecule has 1 N–H and O–H groups in total. The van der Waals surface area contributed by atoms with E-state index < -0.39 is 0 Å². The van der Waals surface area contributed by atoms with Crippen molar-refractivity contribution in [1.29, 1.82) is 0 Å². The smallest absolute Gasteiger partial charge is 0.225 e. The van der Waals surface area contributed by atoms with Crippen LogP contribution in [0, 0.1) is 13.8 Å². The van der Waals surface area contributed by atoms with E-state index in [1.165, 1.54) is 16.7 Å². The van der Waals surface area contributed by atoms with Gasteiger partial charge in [0.1, 0.15) is 0 Å². The van der Waals surface area contributed by atoms with Gasteiger partial charge in [0.2, 0.25) is 5.95 Å². The van der Waals surface area contributed by atoms with E-state index in [-0.39, 0.29) is 0 Å². The lowest BCUT2D eigenvalue weighted by atomic mass is 10.00. The van der Waals surface area contributed by atoms with Gasteiger partial charge in [0.25, 0.3) is 0 Å². The zero-order valence-corrected chi connectivity index (χ0v) is 15.8. The molecule has 25 heavy (non-hydrogen) atoms. The standard InChI is InChI=1S/C20H29N5/c1-15-5-6-16(2)19(11-15)17(3)21-12-18-13-22-20(23-14-18)25-9-7-24(4)8-10-25/h5-6,11,13-14,17,21H,7-10,12H2,1-4H3/t17-/m1/s1. The van der Waals surface area contributed by atoms with E-state index in [0.717, 1.165) is 44.2 Å². The van der Waals surface area contributed by atoms with Crippen LogP contribution >= 0.6 is 0 Å². The molecule has 1 atom stereocenters. The second kappa shape index (κ2) is 7.93. The molecule has 1 aliphatic rings. The minimum Gasteiger partial charge on any atom is -0.338 e. The Balaban J connectivity index is 1.57. The van der Waals surface area contributed by atoms with Crippen LogP contribution < -0.4 is 10.2 Å². The fourth-order valence-electron chi connectivity index (χ4n) is 3.22. The monoisotopic (exact) mass is 339 g/mol. The van der Waals surface area contributed by atoms with Crippen molar-refractivity contribution in [3.63, 3.8) is 0 Å². The van der Waals surface area contributed by atoms with E-state index in [2.05, 4.69) is 71.1 Å². The number of nitrogens with zero attached hydrogens (tertiary/aromatic N) is 4. The fourth-order valence-corrected chi connectivity index (χ4v) is 3.22. The summed E-state index contributed by atoms with van der Waals surface area (Å²) in [5, 5.41) is 3.59. The van der Waals surface area contributed by atoms with Crippen LogP contribution in [0.25, 0.3) is 0 Å². The fraction of sp³-hybridized carbons (Fsp3) is 0.500. The Morgan fingerprint density at radius 3 is 2.44 bits per heavy atom. The van der Waals surface area contributed by atoms with Crippen molar-refractivity contribution in [3.05, 3.63) is 52.8 Å². The third-order valence-electron chi connectivity index (χ3n) is 4.99. The van der Waals surface area contributed by atoms with Gasteiger partial charge in [-0.05, 0) is 38.9 Å². The predicted molar refractivity (Wildman–Crippen MR) is 103 cm³/mol. The van der Waals surface area contributed by atoms with Gasteiger partial charge in [-0.2, -0.15) is 0 Å². The SMILES string of the molecule is Cc1ccc(C)c([C@@H](C)NCc2cnc(N3CCN(C)CC3)nc2)c1. The van der Waals surface area contributed by atoms with Gasteiger partial charge in [-0.15, -0.1) is 0 Å². The van der Waals surface area contributed by atoms with Crippen molar-refractivity contribution >= 4 is 5.95 Å². The van der Waals surface area contributed by atoms with Crippen molar-refractivity contribution in [2.45, 2.75) is 33.4 Å². The molecule has 3 rings (SSSR count). The van der Waals surface area contributed by atoms with Gasteiger partial charge in [-0.25, -0.2) is 9.97 Å². The molecule has 0 spiro atoms. The summed E-state index contributed by atoms with van der Waals surface area (Å²) in [6.07, 6.45) is 3.90. The molecule has 2 heterocycles. The molecule has 0 unspecified atom stereocenters. The molecule has 1 saturated heterocycles. The van der Waals surface area contributed by atoms with Crippen molar-refractivity contribution in [2.75, 3.05) is 38.1 Å². The molecular formula is C20H29N5. The maximum Gasteiger partial charge on any atom is 0.225 e. The highest BCUT2D eigenvalue weighted by Crippen LogP contribution is 2.19. The van der Waals surface area contributed by atoms with Crippen LogP contribution in [0.2, 0.25) is 0 Å². The minimum atomic E-state index is 0.303. The second-order valence-corrected chi connectivity index (χ2v) is 7.14. The van der Waals surface area contributed by atoms with E-state index in [1.807, 2.05) is 12.4 Å². The van der Waals surface area contributed by atoms with Crippen LogP contribution in [0.5, 0.6) is 0 Å². The number of aromatic nitrogens is 2. The molecule has 134 valence electrons. The molecule has 0 amide bonds. The average Bonchev–Trinajstić information content (AvgIpc) is 2.63. The largest absolute Gasteiger partial charge is 0.338 e. The highest BCUT2D eigenvalue weighted by atomic mass is 15.3. The first-order chi connectivity index (χ1) is 12.0. The number of piperazine rings is 1. The van der Waals surface area contributed by atoms with Gasteiger partial charge < -0.3 is 15.1 Å². The number of hydrogen-bond acceptors (Lipinski definition) is 5. The molecule has 1 aliphatic heterocycles. The minimum absolute atomic E-state index is 0.303. The zero-order valence-electron chi connectivity index (χ0n) is 15.8. The van der Waals surface area contributed by atoms with Gasteiger partial charge in [0, 0.05) is 56.7 Å². The van der Waals surface area contributed by atoms with Crippen LogP contribution in [0.1, 0.15) is 35.2 Å². The first-order valence-electron chi connectivity index (χ1n) is 9.08. The Labute approximate surface area is 151 Å². The highest BCUT2D eigenvalue weighted by Gasteiger charge is 2.16. The lowest BCUT2D eigenvalue weighted by Crippen LogP contribution is -2.45. The summed E-state index contributed by atoms with van der Waals surface area (Å²) < 4.78 is 0. The van der Waals surface area contributed by atoms with Crippen LogP contribution in [0.4, 0.5) is 5.95 Å². The summed E-state index contributed by atoms with van der Waals surface area (Å²) in [5.74, 6) is 0.847. The molecule has 0 bridgehead atoms. The maximum absolute atomic E-state index is 4.57. The van der Waals surface area contributed by atoms with E-state index in [1.54, 1.807) is 0 Å². The number of likely N-dealkylation sites (N-methyl/N-ethyl adjacent to an activating group) is 1. The second-order valence-electron chi connectivity index (χ2n) is 7.14. The Hall–Kier alpha value is -1.98. The first-order valence-corrected chi connectivity index (χ1v) is 9.08. The quantitative estimate of drug-likeness (QED) is 0.907. The number of anilines is 1. The van der Waals surface area contributed by atoms with Crippen molar-refractivity contribution in [3.8, 4) is 0 Å². The van der Waals surface area contributed by atoms with Crippen LogP contribution in [0.3, 0.4) is 0 Å². The average molecular weight is 339 g/mol. The lowest BCUT2D eigenvalue weighted by molar-refractivity contribution is 0.311. The number of hydrogen-bond donors (Lipinski definition) is 1. The van der Waals surface area contributed by atoms with Gasteiger partial charge >= 0.3 is 0 Å². The van der Waals surface area contributed by atoms with E-state index >= 15 is 0 Å². The third-order valence-corrected chi connectivity index (χ3v) is 4.99. The first kappa shape index (κ1) is 17.8. The molecule has 0 aliphatic carbocycles. The number of benzene rings is 1. The molecule has 1 aromatic carbocycles. The summed E-state index contributed by atoms with van der Waals surface area (Å²) in [6, 6.07) is 6.92.